The predicted octanol–water partition coefficient (Wildman–Crippen LogP) is 11.0. The van der Waals surface area contributed by atoms with Crippen molar-refractivity contribution >= 4 is 72.9 Å². The van der Waals surface area contributed by atoms with Crippen LogP contribution in [0, 0.1) is 0 Å². The highest BCUT2D eigenvalue weighted by Crippen LogP contribution is 2.54. The van der Waals surface area contributed by atoms with Crippen LogP contribution in [0.4, 0.5) is 0 Å². The Hall–Kier alpha value is -5.67. The zero-order valence-corrected chi connectivity index (χ0v) is 31.5. The van der Waals surface area contributed by atoms with Crippen molar-refractivity contribution in [2.75, 3.05) is 0 Å². The van der Waals surface area contributed by atoms with Gasteiger partial charge in [0.1, 0.15) is 0 Å². The van der Waals surface area contributed by atoms with Crippen molar-refractivity contribution < 1.29 is 0 Å². The first-order valence-electron chi connectivity index (χ1n) is 18.6. The topological polar surface area (TPSA) is 0 Å². The summed E-state index contributed by atoms with van der Waals surface area (Å²) in [6, 6.07) is 69.2. The molecule has 0 spiro atoms. The van der Waals surface area contributed by atoms with Gasteiger partial charge in [0.25, 0.3) is 0 Å². The molecule has 1 heterocycles. The molecule has 0 saturated carbocycles. The van der Waals surface area contributed by atoms with Gasteiger partial charge in [-0.3, -0.25) is 0 Å². The summed E-state index contributed by atoms with van der Waals surface area (Å²) in [4.78, 5) is 2.82. The minimum atomic E-state index is -2.85. The highest BCUT2D eigenvalue weighted by atomic mass is 32.2. The molecule has 0 saturated heterocycles. The normalized spacial score (nSPS) is 14.8. The van der Waals surface area contributed by atoms with Crippen LogP contribution in [-0.2, 0) is 5.41 Å². The Morgan fingerprint density at radius 3 is 1.79 bits per heavy atom. The molecule has 9 aromatic carbocycles. The molecule has 0 aromatic heterocycles. The predicted molar refractivity (Wildman–Crippen MR) is 230 cm³/mol. The fraction of sp³-hybridized carbons (Fsp3) is 0.0588. The number of rotatable bonds is 3. The molecule has 0 N–H and O–H groups in total. The maximum atomic E-state index is 2.52. The van der Waals surface area contributed by atoms with Crippen molar-refractivity contribution in [1.29, 1.82) is 0 Å². The van der Waals surface area contributed by atoms with Gasteiger partial charge in [-0.15, -0.1) is 0 Å². The van der Waals surface area contributed by atoms with Gasteiger partial charge in [0, 0.05) is 15.2 Å². The van der Waals surface area contributed by atoms with Crippen LogP contribution in [0.1, 0.15) is 25.0 Å². The zero-order chi connectivity index (χ0) is 35.3. The highest BCUT2D eigenvalue weighted by molar-refractivity contribution is 8.00. The summed E-state index contributed by atoms with van der Waals surface area (Å²) >= 11 is 2.02. The molecule has 0 bridgehead atoms. The monoisotopic (exact) mass is 708 g/mol. The molecule has 0 amide bonds. The van der Waals surface area contributed by atoms with Crippen LogP contribution >= 0.6 is 11.8 Å². The van der Waals surface area contributed by atoms with E-state index in [-0.39, 0.29) is 5.41 Å². The molecule has 11 rings (SSSR count). The summed E-state index contributed by atoms with van der Waals surface area (Å²) in [6.07, 6.45) is 0. The van der Waals surface area contributed by atoms with Gasteiger partial charge in [0.15, 0.2) is 8.07 Å². The molecule has 2 heteroatoms. The van der Waals surface area contributed by atoms with Gasteiger partial charge in [-0.2, -0.15) is 0 Å². The van der Waals surface area contributed by atoms with E-state index in [1.807, 2.05) is 11.8 Å². The van der Waals surface area contributed by atoms with Crippen molar-refractivity contribution in [3.05, 3.63) is 193 Å². The molecule has 2 aliphatic rings. The molecule has 53 heavy (non-hydrogen) atoms. The van der Waals surface area contributed by atoms with Crippen LogP contribution in [0.25, 0.3) is 54.6 Å². The Labute approximate surface area is 315 Å². The summed E-state index contributed by atoms with van der Waals surface area (Å²) < 4.78 is 0. The van der Waals surface area contributed by atoms with Crippen molar-refractivity contribution in [3.8, 4) is 22.3 Å². The number of fused-ring (bicyclic) bond motifs is 10. The van der Waals surface area contributed by atoms with E-state index in [1.54, 1.807) is 0 Å². The number of benzene rings is 9. The highest BCUT2D eigenvalue weighted by Gasteiger charge is 2.50. The second-order valence-electron chi connectivity index (χ2n) is 15.2. The van der Waals surface area contributed by atoms with E-state index in [0.717, 1.165) is 0 Å². The van der Waals surface area contributed by atoms with Gasteiger partial charge in [-0.05, 0) is 92.5 Å². The fourth-order valence-electron chi connectivity index (χ4n) is 9.83. The van der Waals surface area contributed by atoms with Crippen molar-refractivity contribution in [1.82, 2.24) is 0 Å². The molecular formula is C51H36SSi. The average molecular weight is 709 g/mol. The van der Waals surface area contributed by atoms with Crippen LogP contribution in [-0.4, -0.2) is 8.07 Å². The Bertz CT molecular complexity index is 2900. The van der Waals surface area contributed by atoms with E-state index in [4.69, 9.17) is 0 Å². The number of hydrogen-bond acceptors (Lipinski definition) is 1. The second kappa shape index (κ2) is 11.4. The Balaban J connectivity index is 1.33. The van der Waals surface area contributed by atoms with Crippen molar-refractivity contribution in [3.63, 3.8) is 0 Å². The van der Waals surface area contributed by atoms with Gasteiger partial charge in [0.2, 0.25) is 0 Å². The molecule has 1 aliphatic heterocycles. The van der Waals surface area contributed by atoms with E-state index in [1.165, 1.54) is 96.2 Å². The lowest BCUT2D eigenvalue weighted by Crippen LogP contribution is -2.76. The lowest BCUT2D eigenvalue weighted by atomic mass is 9.82. The van der Waals surface area contributed by atoms with Gasteiger partial charge in [0.05, 0.1) is 0 Å². The van der Waals surface area contributed by atoms with E-state index in [2.05, 4.69) is 196 Å². The maximum absolute atomic E-state index is 2.85. The molecule has 9 aromatic rings. The maximum Gasteiger partial charge on any atom is 0.181 e. The van der Waals surface area contributed by atoms with Gasteiger partial charge < -0.3 is 0 Å². The largest absolute Gasteiger partial charge is 0.181 e. The third-order valence-electron chi connectivity index (χ3n) is 12.2. The standard InChI is InChI=1S/C51H36SSi/c1-51(2)43-26-14-13-24-40(43)48-44(51)30-31-46-50(48)52-49-41(25-15-27-45(49)53(46,35-18-5-3-6-19-35)36-20-7-4-8-21-36)47-38-23-12-10-17-34(38)32-42-37-22-11-9-16-33(37)28-29-39(42)47/h3-32H,1-2H3. The molecular weight excluding hydrogens is 673 g/mol. The molecule has 0 fully saturated rings. The second-order valence-corrected chi connectivity index (χ2v) is 19.9. The van der Waals surface area contributed by atoms with Gasteiger partial charge in [-0.1, -0.05) is 202 Å². The van der Waals surface area contributed by atoms with Crippen LogP contribution < -0.4 is 20.7 Å². The van der Waals surface area contributed by atoms with Gasteiger partial charge >= 0.3 is 0 Å². The first-order valence-corrected chi connectivity index (χ1v) is 21.4. The van der Waals surface area contributed by atoms with Crippen molar-refractivity contribution in [2.45, 2.75) is 29.1 Å². The third-order valence-corrected chi connectivity index (χ3v) is 18.7. The van der Waals surface area contributed by atoms with Crippen molar-refractivity contribution in [2.24, 2.45) is 0 Å². The first kappa shape index (κ1) is 30.9. The number of hydrogen-bond donors (Lipinski definition) is 0. The lowest BCUT2D eigenvalue weighted by Gasteiger charge is -2.41. The first-order chi connectivity index (χ1) is 26.1. The van der Waals surface area contributed by atoms with Crippen LogP contribution in [0.15, 0.2) is 192 Å². The zero-order valence-electron chi connectivity index (χ0n) is 29.7. The van der Waals surface area contributed by atoms with Gasteiger partial charge in [-0.25, -0.2) is 0 Å². The molecule has 0 unspecified atom stereocenters. The molecule has 250 valence electrons. The third kappa shape index (κ3) is 4.19. The summed E-state index contributed by atoms with van der Waals surface area (Å²) in [5.74, 6) is 0. The lowest BCUT2D eigenvalue weighted by molar-refractivity contribution is 0.660. The van der Waals surface area contributed by atoms with E-state index in [0.29, 0.717) is 0 Å². The van der Waals surface area contributed by atoms with E-state index in [9.17, 15) is 0 Å². The van der Waals surface area contributed by atoms with E-state index >= 15 is 0 Å². The van der Waals surface area contributed by atoms with Crippen LogP contribution in [0.5, 0.6) is 0 Å². The SMILES string of the molecule is CC1(C)c2ccccc2-c2c1ccc1c2Sc2c(-c3c4ccccc4cc4c3ccc3ccccc34)cccc2[Si]1(c1ccccc1)c1ccccc1. The Kier molecular flexibility index (Phi) is 6.65. The van der Waals surface area contributed by atoms with Crippen LogP contribution in [0.3, 0.4) is 0 Å². The van der Waals surface area contributed by atoms with E-state index < -0.39 is 8.07 Å². The average Bonchev–Trinajstić information content (AvgIpc) is 3.45. The fourth-order valence-corrected chi connectivity index (χ4v) is 17.1. The smallest absolute Gasteiger partial charge is 0.0889 e. The quantitative estimate of drug-likeness (QED) is 0.100. The minimum Gasteiger partial charge on any atom is -0.0889 e. The Morgan fingerprint density at radius 1 is 0.396 bits per heavy atom. The molecule has 0 radical (unpaired) electrons. The molecule has 1 aliphatic carbocycles. The minimum absolute atomic E-state index is 0.0854. The summed E-state index contributed by atoms with van der Waals surface area (Å²) in [6.45, 7) is 4.81. The summed E-state index contributed by atoms with van der Waals surface area (Å²) in [5.41, 5.74) is 8.21. The molecule has 0 atom stereocenters. The summed E-state index contributed by atoms with van der Waals surface area (Å²) in [5, 5.41) is 13.6. The molecule has 0 nitrogen and oxygen atoms in total. The Morgan fingerprint density at radius 2 is 1.02 bits per heavy atom. The summed E-state index contributed by atoms with van der Waals surface area (Å²) in [7, 11) is -2.85. The van der Waals surface area contributed by atoms with Crippen LogP contribution in [0.2, 0.25) is 0 Å².